The van der Waals surface area contributed by atoms with Crippen molar-refractivity contribution in [2.45, 2.75) is 19.4 Å². The highest BCUT2D eigenvalue weighted by molar-refractivity contribution is 14.1. The third kappa shape index (κ3) is 2.92. The van der Waals surface area contributed by atoms with Gasteiger partial charge in [-0.2, -0.15) is 0 Å². The average molecular weight is 412 g/mol. The van der Waals surface area contributed by atoms with Crippen LogP contribution < -0.4 is 0 Å². The Morgan fingerprint density at radius 1 is 1.33 bits per heavy atom. The number of hydrogen-bond donors (Lipinski definition) is 0. The number of benzene rings is 1. The Hall–Kier alpha value is -1.14. The zero-order chi connectivity index (χ0) is 14.8. The minimum Gasteiger partial charge on any atom is -0.321 e. The van der Waals surface area contributed by atoms with Crippen molar-refractivity contribution in [3.05, 3.63) is 57.7 Å². The van der Waals surface area contributed by atoms with Crippen molar-refractivity contribution in [3.8, 4) is 0 Å². The van der Waals surface area contributed by atoms with Gasteiger partial charge < -0.3 is 4.57 Å². The summed E-state index contributed by atoms with van der Waals surface area (Å²) in [6.45, 7) is 2.17. The van der Waals surface area contributed by atoms with Crippen LogP contribution in [0, 0.1) is 3.57 Å². The van der Waals surface area contributed by atoms with Crippen molar-refractivity contribution >= 4 is 45.2 Å². The second kappa shape index (κ2) is 6.32. The topological polar surface area (TPSA) is 30.7 Å². The van der Waals surface area contributed by atoms with Crippen molar-refractivity contribution in [3.63, 3.8) is 0 Å². The number of fused-ring (bicyclic) bond motifs is 1. The highest BCUT2D eigenvalue weighted by Gasteiger charge is 2.17. The summed E-state index contributed by atoms with van der Waals surface area (Å²) in [6, 6.07) is 10.6. The van der Waals surface area contributed by atoms with Crippen molar-refractivity contribution in [1.82, 2.24) is 14.5 Å². The summed E-state index contributed by atoms with van der Waals surface area (Å²) in [5, 5.41) is 0. The molecule has 3 nitrogen and oxygen atoms in total. The van der Waals surface area contributed by atoms with E-state index in [1.54, 1.807) is 6.20 Å². The Labute approximate surface area is 142 Å². The first kappa shape index (κ1) is 14.8. The Bertz CT molecular complexity index is 755. The second-order valence-electron chi connectivity index (χ2n) is 4.93. The number of rotatable bonds is 4. The van der Waals surface area contributed by atoms with E-state index in [2.05, 4.69) is 63.3 Å². The van der Waals surface area contributed by atoms with E-state index in [0.29, 0.717) is 5.88 Å². The van der Waals surface area contributed by atoms with Gasteiger partial charge in [-0.05, 0) is 59.3 Å². The maximum absolute atomic E-state index is 5.95. The lowest BCUT2D eigenvalue weighted by molar-refractivity contribution is 0.621. The molecule has 2 aromatic heterocycles. The summed E-state index contributed by atoms with van der Waals surface area (Å²) in [6.07, 6.45) is 4.47. The number of imidazole rings is 1. The molecule has 5 heteroatoms. The SMILES string of the molecule is CC(c1cccnc1)n1c(CCCl)nc2cc(I)ccc21. The van der Waals surface area contributed by atoms with Gasteiger partial charge in [0.25, 0.3) is 0 Å². The molecular formula is C16H15ClIN3. The first-order chi connectivity index (χ1) is 10.2. The van der Waals surface area contributed by atoms with Crippen molar-refractivity contribution in [2.24, 2.45) is 0 Å². The van der Waals surface area contributed by atoms with E-state index in [-0.39, 0.29) is 6.04 Å². The standard InChI is InChI=1S/C16H15ClIN3/c1-11(12-3-2-8-19-10-12)21-15-5-4-13(18)9-14(15)20-16(21)6-7-17/h2-5,8-11H,6-7H2,1H3. The van der Waals surface area contributed by atoms with Gasteiger partial charge in [-0.25, -0.2) is 4.98 Å². The first-order valence-corrected chi connectivity index (χ1v) is 8.44. The minimum absolute atomic E-state index is 0.182. The van der Waals surface area contributed by atoms with Crippen LogP contribution in [0.5, 0.6) is 0 Å². The lowest BCUT2D eigenvalue weighted by Crippen LogP contribution is -2.11. The molecule has 1 aromatic carbocycles. The molecule has 3 rings (SSSR count). The van der Waals surface area contributed by atoms with E-state index in [9.17, 15) is 0 Å². The van der Waals surface area contributed by atoms with Gasteiger partial charge in [0, 0.05) is 28.3 Å². The lowest BCUT2D eigenvalue weighted by Gasteiger charge is -2.17. The van der Waals surface area contributed by atoms with E-state index in [0.717, 1.165) is 23.3 Å². The van der Waals surface area contributed by atoms with Gasteiger partial charge in [0.1, 0.15) is 5.82 Å². The molecule has 0 fully saturated rings. The maximum atomic E-state index is 5.95. The third-order valence-electron chi connectivity index (χ3n) is 3.60. The molecular weight excluding hydrogens is 397 g/mol. The van der Waals surface area contributed by atoms with Crippen molar-refractivity contribution in [1.29, 1.82) is 0 Å². The Balaban J connectivity index is 2.17. The number of nitrogens with zero attached hydrogens (tertiary/aromatic N) is 3. The number of hydrogen-bond acceptors (Lipinski definition) is 2. The molecule has 2 heterocycles. The molecule has 3 aromatic rings. The molecule has 0 saturated carbocycles. The number of halogens is 2. The summed E-state index contributed by atoms with van der Waals surface area (Å²) in [5.41, 5.74) is 3.34. The van der Waals surface area contributed by atoms with Gasteiger partial charge in [0.15, 0.2) is 0 Å². The zero-order valence-corrected chi connectivity index (χ0v) is 14.5. The number of pyridine rings is 1. The van der Waals surface area contributed by atoms with Crippen LogP contribution in [0.1, 0.15) is 24.4 Å². The van der Waals surface area contributed by atoms with Gasteiger partial charge >= 0.3 is 0 Å². The van der Waals surface area contributed by atoms with Gasteiger partial charge in [-0.3, -0.25) is 4.98 Å². The largest absolute Gasteiger partial charge is 0.321 e. The molecule has 0 bridgehead atoms. The van der Waals surface area contributed by atoms with E-state index in [1.807, 2.05) is 12.3 Å². The molecule has 0 spiro atoms. The van der Waals surface area contributed by atoms with Crippen LogP contribution in [0.2, 0.25) is 0 Å². The molecule has 1 atom stereocenters. The van der Waals surface area contributed by atoms with Crippen LogP contribution in [-0.4, -0.2) is 20.4 Å². The highest BCUT2D eigenvalue weighted by Crippen LogP contribution is 2.27. The van der Waals surface area contributed by atoms with Gasteiger partial charge in [-0.1, -0.05) is 6.07 Å². The molecule has 0 aliphatic rings. The molecule has 0 saturated heterocycles. The fourth-order valence-corrected chi connectivity index (χ4v) is 3.23. The zero-order valence-electron chi connectivity index (χ0n) is 11.6. The van der Waals surface area contributed by atoms with E-state index in [4.69, 9.17) is 16.6 Å². The first-order valence-electron chi connectivity index (χ1n) is 6.83. The van der Waals surface area contributed by atoms with Crippen molar-refractivity contribution < 1.29 is 0 Å². The van der Waals surface area contributed by atoms with Crippen LogP contribution >= 0.6 is 34.2 Å². The fraction of sp³-hybridized carbons (Fsp3) is 0.250. The average Bonchev–Trinajstić information content (AvgIpc) is 2.85. The lowest BCUT2D eigenvalue weighted by atomic mass is 10.1. The smallest absolute Gasteiger partial charge is 0.111 e. The second-order valence-corrected chi connectivity index (χ2v) is 6.56. The summed E-state index contributed by atoms with van der Waals surface area (Å²) in [4.78, 5) is 8.99. The highest BCUT2D eigenvalue weighted by atomic mass is 127. The molecule has 0 amide bonds. The van der Waals surface area contributed by atoms with Gasteiger partial charge in [-0.15, -0.1) is 11.6 Å². The number of aromatic nitrogens is 3. The monoisotopic (exact) mass is 411 g/mol. The summed E-state index contributed by atoms with van der Waals surface area (Å²) >= 11 is 8.26. The predicted octanol–water partition coefficient (Wildman–Crippen LogP) is 4.43. The van der Waals surface area contributed by atoms with Crippen LogP contribution in [0.4, 0.5) is 0 Å². The van der Waals surface area contributed by atoms with E-state index >= 15 is 0 Å². The van der Waals surface area contributed by atoms with E-state index < -0.39 is 0 Å². The number of aryl methyl sites for hydroxylation is 1. The quantitative estimate of drug-likeness (QED) is 0.470. The molecule has 1 unspecified atom stereocenters. The molecule has 0 aliphatic heterocycles. The fourth-order valence-electron chi connectivity index (χ4n) is 2.59. The molecule has 0 aliphatic carbocycles. The molecule has 21 heavy (non-hydrogen) atoms. The third-order valence-corrected chi connectivity index (χ3v) is 4.46. The van der Waals surface area contributed by atoms with E-state index in [1.165, 1.54) is 9.13 Å². The van der Waals surface area contributed by atoms with Crippen LogP contribution in [0.3, 0.4) is 0 Å². The normalized spacial score (nSPS) is 12.7. The summed E-state index contributed by atoms with van der Waals surface area (Å²) in [7, 11) is 0. The van der Waals surface area contributed by atoms with Gasteiger partial charge in [0.05, 0.1) is 17.1 Å². The summed E-state index contributed by atoms with van der Waals surface area (Å²) < 4.78 is 3.46. The molecule has 0 N–H and O–H groups in total. The number of alkyl halides is 1. The Morgan fingerprint density at radius 2 is 2.19 bits per heavy atom. The Kier molecular flexibility index (Phi) is 4.45. The van der Waals surface area contributed by atoms with Crippen LogP contribution in [0.25, 0.3) is 11.0 Å². The maximum Gasteiger partial charge on any atom is 0.111 e. The Morgan fingerprint density at radius 3 is 2.90 bits per heavy atom. The van der Waals surface area contributed by atoms with Gasteiger partial charge in [0.2, 0.25) is 0 Å². The van der Waals surface area contributed by atoms with Crippen LogP contribution in [0.15, 0.2) is 42.7 Å². The van der Waals surface area contributed by atoms with Crippen LogP contribution in [-0.2, 0) is 6.42 Å². The summed E-state index contributed by atoms with van der Waals surface area (Å²) in [5.74, 6) is 1.60. The molecule has 108 valence electrons. The predicted molar refractivity (Wildman–Crippen MR) is 94.9 cm³/mol. The molecule has 0 radical (unpaired) electrons. The van der Waals surface area contributed by atoms with Crippen molar-refractivity contribution in [2.75, 3.05) is 5.88 Å². The minimum atomic E-state index is 0.182.